The molecular weight excluding hydrogens is 393 g/mol. The molecule has 0 aliphatic heterocycles. The van der Waals surface area contributed by atoms with Crippen molar-refractivity contribution in [2.45, 2.75) is 25.6 Å². The van der Waals surface area contributed by atoms with Crippen LogP contribution in [0.1, 0.15) is 29.3 Å². The smallest absolute Gasteiger partial charge is 0.416 e. The van der Waals surface area contributed by atoms with Gasteiger partial charge >= 0.3 is 6.18 Å². The zero-order chi connectivity index (χ0) is 21.7. The number of rotatable bonds is 5. The third-order valence-corrected chi connectivity index (χ3v) is 4.41. The highest BCUT2D eigenvalue weighted by Gasteiger charge is 2.38. The van der Waals surface area contributed by atoms with Crippen LogP contribution in [0.4, 0.5) is 13.2 Å². The Morgan fingerprint density at radius 3 is 2.43 bits per heavy atom. The number of amides is 1. The summed E-state index contributed by atoms with van der Waals surface area (Å²) in [6.07, 6.45) is -0.329. The molecule has 7 heteroatoms. The molecule has 2 aromatic rings. The first-order chi connectivity index (χ1) is 14.2. The van der Waals surface area contributed by atoms with Gasteiger partial charge in [-0.05, 0) is 55.3 Å². The lowest BCUT2D eigenvalue weighted by Crippen LogP contribution is -2.28. The number of nitrogens with one attached hydrogen (secondary N) is 1. The van der Waals surface area contributed by atoms with Crippen LogP contribution in [-0.4, -0.2) is 18.1 Å². The Balaban J connectivity index is 1.69. The summed E-state index contributed by atoms with van der Waals surface area (Å²) in [4.78, 5) is 12.2. The van der Waals surface area contributed by atoms with Gasteiger partial charge in [-0.2, -0.15) is 13.2 Å². The molecule has 0 saturated heterocycles. The molecule has 1 aliphatic carbocycles. The second kappa shape index (κ2) is 9.00. The molecule has 1 amide bonds. The molecule has 30 heavy (non-hydrogen) atoms. The summed E-state index contributed by atoms with van der Waals surface area (Å²) < 4.78 is 45.1. The van der Waals surface area contributed by atoms with Gasteiger partial charge in [-0.25, -0.2) is 0 Å². The molecule has 0 radical (unpaired) electrons. The maximum Gasteiger partial charge on any atom is 0.416 e. The Morgan fingerprint density at radius 2 is 1.80 bits per heavy atom. The number of carbonyl (C=O) groups is 1. The second-order valence-corrected chi connectivity index (χ2v) is 6.89. The number of allylic oxidation sites excluding steroid dienone is 2. The maximum absolute atomic E-state index is 13.2. The van der Waals surface area contributed by atoms with Crippen molar-refractivity contribution in [1.29, 1.82) is 0 Å². The molecule has 1 atom stereocenters. The molecule has 0 spiro atoms. The Morgan fingerprint density at radius 1 is 1.13 bits per heavy atom. The highest BCUT2D eigenvalue weighted by molar-refractivity contribution is 5.95. The van der Waals surface area contributed by atoms with Crippen molar-refractivity contribution in [2.75, 3.05) is 0 Å². The number of carbonyl (C=O) groups excluding carboxylic acids is 1. The summed E-state index contributed by atoms with van der Waals surface area (Å²) >= 11 is 0. The first kappa shape index (κ1) is 21.4. The van der Waals surface area contributed by atoms with Gasteiger partial charge < -0.3 is 15.8 Å². The van der Waals surface area contributed by atoms with E-state index in [0.717, 1.165) is 5.56 Å². The van der Waals surface area contributed by atoms with Gasteiger partial charge in [-0.1, -0.05) is 36.4 Å². The summed E-state index contributed by atoms with van der Waals surface area (Å²) in [5.74, 6) is -0.202. The summed E-state index contributed by atoms with van der Waals surface area (Å²) in [6.45, 7) is 1.75. The Bertz CT molecular complexity index is 991. The average Bonchev–Trinajstić information content (AvgIpc) is 2.70. The lowest BCUT2D eigenvalue weighted by Gasteiger charge is -2.22. The van der Waals surface area contributed by atoms with Gasteiger partial charge in [0.25, 0.3) is 5.91 Å². The number of hydrogen-bond acceptors (Lipinski definition) is 3. The lowest BCUT2D eigenvalue weighted by molar-refractivity contribution is -0.0967. The Kier molecular flexibility index (Phi) is 6.42. The van der Waals surface area contributed by atoms with Crippen molar-refractivity contribution < 1.29 is 22.7 Å². The average molecular weight is 414 g/mol. The molecule has 1 aliphatic rings. The van der Waals surface area contributed by atoms with Gasteiger partial charge in [-0.3, -0.25) is 4.79 Å². The van der Waals surface area contributed by atoms with Crippen molar-refractivity contribution in [2.24, 2.45) is 5.73 Å². The molecule has 0 fully saturated rings. The molecule has 2 aromatic carbocycles. The van der Waals surface area contributed by atoms with Crippen molar-refractivity contribution >= 4 is 12.0 Å². The first-order valence-corrected chi connectivity index (χ1v) is 9.29. The van der Waals surface area contributed by atoms with Crippen LogP contribution >= 0.6 is 0 Å². The van der Waals surface area contributed by atoms with Crippen LogP contribution in [0, 0.1) is 0 Å². The third kappa shape index (κ3) is 5.61. The Hall–Kier alpha value is -3.32. The van der Waals surface area contributed by atoms with E-state index in [9.17, 15) is 18.0 Å². The van der Waals surface area contributed by atoms with Crippen LogP contribution in [0.2, 0.25) is 0 Å². The molecule has 3 rings (SSSR count). The van der Waals surface area contributed by atoms with Gasteiger partial charge in [-0.15, -0.1) is 0 Å². The van der Waals surface area contributed by atoms with Crippen molar-refractivity contribution in [3.63, 3.8) is 0 Å². The zero-order valence-corrected chi connectivity index (χ0v) is 16.2. The largest absolute Gasteiger partial charge is 0.457 e. The predicted octanol–water partition coefficient (Wildman–Crippen LogP) is 4.96. The highest BCUT2D eigenvalue weighted by Crippen LogP contribution is 2.35. The summed E-state index contributed by atoms with van der Waals surface area (Å²) in [7, 11) is 0. The molecule has 0 heterocycles. The van der Waals surface area contributed by atoms with E-state index >= 15 is 0 Å². The summed E-state index contributed by atoms with van der Waals surface area (Å²) in [5.41, 5.74) is 6.76. The first-order valence-electron chi connectivity index (χ1n) is 9.29. The van der Waals surface area contributed by atoms with Crippen LogP contribution in [0.3, 0.4) is 0 Å². The van der Waals surface area contributed by atoms with Crippen LogP contribution in [0.25, 0.3) is 6.08 Å². The number of alkyl halides is 3. The SMILES string of the molecule is C/C(=C/c1ccc(OC2=C(C(F)(F)F)CC(N)C=C2)cc1)NC(=O)c1ccccc1. The molecule has 1 unspecified atom stereocenters. The van der Waals surface area contributed by atoms with Gasteiger partial charge in [0.15, 0.2) is 0 Å². The molecule has 0 saturated carbocycles. The molecule has 0 aromatic heterocycles. The maximum atomic E-state index is 13.2. The van der Waals surface area contributed by atoms with E-state index in [-0.39, 0.29) is 23.8 Å². The van der Waals surface area contributed by atoms with E-state index in [4.69, 9.17) is 10.5 Å². The van der Waals surface area contributed by atoms with E-state index in [1.807, 2.05) is 6.07 Å². The lowest BCUT2D eigenvalue weighted by atomic mass is 9.99. The molecule has 3 N–H and O–H groups in total. The third-order valence-electron chi connectivity index (χ3n) is 4.41. The fourth-order valence-electron chi connectivity index (χ4n) is 2.95. The van der Waals surface area contributed by atoms with E-state index in [1.54, 1.807) is 61.5 Å². The highest BCUT2D eigenvalue weighted by atomic mass is 19.4. The minimum absolute atomic E-state index is 0.224. The van der Waals surface area contributed by atoms with E-state index in [2.05, 4.69) is 5.32 Å². The van der Waals surface area contributed by atoms with Gasteiger partial charge in [0.2, 0.25) is 0 Å². The van der Waals surface area contributed by atoms with Crippen LogP contribution < -0.4 is 15.8 Å². The van der Waals surface area contributed by atoms with E-state index < -0.39 is 17.8 Å². The summed E-state index contributed by atoms with van der Waals surface area (Å²) in [6, 6.07) is 14.7. The predicted molar refractivity (Wildman–Crippen MR) is 109 cm³/mol. The van der Waals surface area contributed by atoms with Gasteiger partial charge in [0.1, 0.15) is 11.5 Å². The molecule has 156 valence electrons. The van der Waals surface area contributed by atoms with Gasteiger partial charge in [0, 0.05) is 17.3 Å². The van der Waals surface area contributed by atoms with E-state index in [0.29, 0.717) is 11.3 Å². The van der Waals surface area contributed by atoms with Crippen LogP contribution in [-0.2, 0) is 0 Å². The minimum atomic E-state index is -4.51. The van der Waals surface area contributed by atoms with Crippen molar-refractivity contribution in [3.8, 4) is 5.75 Å². The fraction of sp³-hybridized carbons (Fsp3) is 0.174. The van der Waals surface area contributed by atoms with Crippen LogP contribution in [0.5, 0.6) is 5.75 Å². The standard InChI is InChI=1S/C23H21F3N2O2/c1-15(28-22(29)17-5-3-2-4-6-17)13-16-7-10-19(11-8-16)30-21-12-9-18(27)14-20(21)23(24,25)26/h2-13,18H,14,27H2,1H3,(H,28,29)/b15-13-. The number of hydrogen-bond donors (Lipinski definition) is 2. The quantitative estimate of drug-likeness (QED) is 0.727. The number of ether oxygens (including phenoxy) is 1. The van der Waals surface area contributed by atoms with Gasteiger partial charge in [0.05, 0.1) is 5.57 Å². The topological polar surface area (TPSA) is 64.3 Å². The van der Waals surface area contributed by atoms with Crippen molar-refractivity contribution in [1.82, 2.24) is 5.32 Å². The monoisotopic (exact) mass is 414 g/mol. The van der Waals surface area contributed by atoms with Crippen molar-refractivity contribution in [3.05, 3.63) is 94.9 Å². The molecule has 4 nitrogen and oxygen atoms in total. The van der Waals surface area contributed by atoms with E-state index in [1.165, 1.54) is 12.2 Å². The number of nitrogens with two attached hydrogens (primary N) is 1. The zero-order valence-electron chi connectivity index (χ0n) is 16.2. The van der Waals surface area contributed by atoms with Crippen LogP contribution in [0.15, 0.2) is 83.8 Å². The molecule has 0 bridgehead atoms. The molecular formula is C23H21F3N2O2. The Labute approximate surface area is 172 Å². The normalized spacial score (nSPS) is 17.1. The number of halogens is 3. The summed E-state index contributed by atoms with van der Waals surface area (Å²) in [5, 5.41) is 2.79. The number of benzene rings is 2. The fourth-order valence-corrected chi connectivity index (χ4v) is 2.95. The second-order valence-electron chi connectivity index (χ2n) is 6.89. The minimum Gasteiger partial charge on any atom is -0.457 e.